The Kier molecular flexibility index (Phi) is 3.64. The molecular formula is C10H13NO4S. The van der Waals surface area contributed by atoms with Crippen LogP contribution in [0, 0.1) is 0 Å². The number of carboxylic acids is 1. The molecule has 16 heavy (non-hydrogen) atoms. The van der Waals surface area contributed by atoms with E-state index in [1.54, 1.807) is 13.8 Å². The van der Waals surface area contributed by atoms with Gasteiger partial charge in [0.2, 0.25) is 0 Å². The molecule has 1 aromatic heterocycles. The molecule has 0 fully saturated rings. The highest BCUT2D eigenvalue weighted by molar-refractivity contribution is 7.91. The zero-order chi connectivity index (χ0) is 12.3. The molecule has 1 rings (SSSR count). The van der Waals surface area contributed by atoms with Crippen molar-refractivity contribution < 1.29 is 18.3 Å². The Hall–Kier alpha value is -1.43. The minimum atomic E-state index is -3.25. The van der Waals surface area contributed by atoms with E-state index in [1.165, 1.54) is 18.2 Å². The van der Waals surface area contributed by atoms with E-state index in [4.69, 9.17) is 5.11 Å². The summed E-state index contributed by atoms with van der Waals surface area (Å²) < 4.78 is 23.2. The lowest BCUT2D eigenvalue weighted by molar-refractivity contribution is 0.0690. The van der Waals surface area contributed by atoms with E-state index >= 15 is 0 Å². The lowest BCUT2D eigenvalue weighted by atomic mass is 10.3. The van der Waals surface area contributed by atoms with Crippen LogP contribution in [0.5, 0.6) is 0 Å². The van der Waals surface area contributed by atoms with Gasteiger partial charge < -0.3 is 5.11 Å². The van der Waals surface area contributed by atoms with Gasteiger partial charge in [-0.15, -0.1) is 0 Å². The summed E-state index contributed by atoms with van der Waals surface area (Å²) in [5.41, 5.74) is 0.116. The molecule has 0 aromatic carbocycles. The number of sulfone groups is 1. The van der Waals surface area contributed by atoms with Crippen molar-refractivity contribution >= 4 is 15.8 Å². The minimum Gasteiger partial charge on any atom is -0.477 e. The van der Waals surface area contributed by atoms with Crippen molar-refractivity contribution in [3.63, 3.8) is 0 Å². The van der Waals surface area contributed by atoms with Crippen LogP contribution in [0.15, 0.2) is 18.2 Å². The minimum absolute atomic E-state index is 0.142. The molecule has 0 radical (unpaired) electrons. The summed E-state index contributed by atoms with van der Waals surface area (Å²) in [6.45, 7) is 3.16. The predicted molar refractivity (Wildman–Crippen MR) is 59.0 cm³/mol. The molecule has 6 heteroatoms. The molecular weight excluding hydrogens is 230 g/mol. The number of aromatic carboxylic acids is 1. The van der Waals surface area contributed by atoms with Crippen LogP contribution in [-0.4, -0.2) is 29.7 Å². The van der Waals surface area contributed by atoms with Crippen LogP contribution in [-0.2, 0) is 15.6 Å². The van der Waals surface area contributed by atoms with Crippen molar-refractivity contribution in [3.8, 4) is 0 Å². The Labute approximate surface area is 94.1 Å². The third-order valence-electron chi connectivity index (χ3n) is 2.09. The summed E-state index contributed by atoms with van der Waals surface area (Å²) in [7, 11) is -3.25. The molecule has 1 N–H and O–H groups in total. The maximum absolute atomic E-state index is 11.6. The molecule has 0 atom stereocenters. The van der Waals surface area contributed by atoms with Crippen molar-refractivity contribution in [2.24, 2.45) is 0 Å². The van der Waals surface area contributed by atoms with Crippen LogP contribution < -0.4 is 0 Å². The number of hydrogen-bond acceptors (Lipinski definition) is 4. The van der Waals surface area contributed by atoms with Gasteiger partial charge in [-0.05, 0) is 26.0 Å². The Bertz CT molecular complexity index is 493. The van der Waals surface area contributed by atoms with E-state index in [-0.39, 0.29) is 17.1 Å². The van der Waals surface area contributed by atoms with Gasteiger partial charge in [-0.1, -0.05) is 6.07 Å². The third kappa shape index (κ3) is 3.03. The van der Waals surface area contributed by atoms with Crippen LogP contribution in [0.2, 0.25) is 0 Å². The molecule has 5 nitrogen and oxygen atoms in total. The summed E-state index contributed by atoms with van der Waals surface area (Å²) in [5.74, 6) is -1.39. The monoisotopic (exact) mass is 243 g/mol. The molecule has 0 aliphatic heterocycles. The second-order valence-electron chi connectivity index (χ2n) is 3.68. The Balaban J connectivity index is 2.99. The first kappa shape index (κ1) is 12.6. The van der Waals surface area contributed by atoms with E-state index in [0.29, 0.717) is 0 Å². The third-order valence-corrected chi connectivity index (χ3v) is 4.23. The molecule has 88 valence electrons. The topological polar surface area (TPSA) is 84.3 Å². The van der Waals surface area contributed by atoms with Crippen molar-refractivity contribution in [2.45, 2.75) is 24.9 Å². The van der Waals surface area contributed by atoms with Crippen molar-refractivity contribution in [2.75, 3.05) is 0 Å². The van der Waals surface area contributed by atoms with E-state index in [0.717, 1.165) is 0 Å². The largest absolute Gasteiger partial charge is 0.477 e. The fourth-order valence-electron chi connectivity index (χ4n) is 1.05. The molecule has 0 saturated carbocycles. The first-order valence-corrected chi connectivity index (χ1v) is 6.45. The Morgan fingerprint density at radius 1 is 1.44 bits per heavy atom. The number of carboxylic acid groups (broad SMARTS) is 1. The second kappa shape index (κ2) is 4.61. The maximum Gasteiger partial charge on any atom is 0.354 e. The zero-order valence-electron chi connectivity index (χ0n) is 9.04. The van der Waals surface area contributed by atoms with Gasteiger partial charge in [0.25, 0.3) is 0 Å². The fourth-order valence-corrected chi connectivity index (χ4v) is 1.96. The van der Waals surface area contributed by atoms with Crippen molar-refractivity contribution in [1.29, 1.82) is 0 Å². The lowest BCUT2D eigenvalue weighted by Gasteiger charge is -2.07. The average Bonchev–Trinajstić information content (AvgIpc) is 2.17. The van der Waals surface area contributed by atoms with Crippen LogP contribution in [0.4, 0.5) is 0 Å². The number of carbonyl (C=O) groups is 1. The Morgan fingerprint density at radius 2 is 2.06 bits per heavy atom. The average molecular weight is 243 g/mol. The highest BCUT2D eigenvalue weighted by Gasteiger charge is 2.18. The van der Waals surface area contributed by atoms with Gasteiger partial charge in [-0.2, -0.15) is 0 Å². The molecule has 0 spiro atoms. The van der Waals surface area contributed by atoms with E-state index in [9.17, 15) is 13.2 Å². The highest BCUT2D eigenvalue weighted by Crippen LogP contribution is 2.09. The summed E-state index contributed by atoms with van der Waals surface area (Å²) in [6.07, 6.45) is 0. The molecule has 0 aliphatic carbocycles. The smallest absolute Gasteiger partial charge is 0.354 e. The summed E-state index contributed by atoms with van der Waals surface area (Å²) in [5, 5.41) is 8.21. The zero-order valence-corrected chi connectivity index (χ0v) is 9.86. The molecule has 0 amide bonds. The van der Waals surface area contributed by atoms with E-state index < -0.39 is 21.1 Å². The molecule has 0 saturated heterocycles. The van der Waals surface area contributed by atoms with Crippen LogP contribution in [0.25, 0.3) is 0 Å². The number of rotatable bonds is 4. The van der Waals surface area contributed by atoms with E-state index in [1.807, 2.05) is 0 Å². The van der Waals surface area contributed by atoms with Gasteiger partial charge >= 0.3 is 5.97 Å². The quantitative estimate of drug-likeness (QED) is 0.856. The molecule has 0 unspecified atom stereocenters. The Morgan fingerprint density at radius 3 is 2.56 bits per heavy atom. The lowest BCUT2D eigenvalue weighted by Crippen LogP contribution is -2.17. The fraction of sp³-hybridized carbons (Fsp3) is 0.400. The number of nitrogens with zero attached hydrogens (tertiary/aromatic N) is 1. The van der Waals surface area contributed by atoms with Gasteiger partial charge in [0.05, 0.1) is 16.7 Å². The van der Waals surface area contributed by atoms with Gasteiger partial charge in [-0.25, -0.2) is 18.2 Å². The first-order valence-electron chi connectivity index (χ1n) is 4.73. The van der Waals surface area contributed by atoms with Crippen LogP contribution in [0.3, 0.4) is 0 Å². The van der Waals surface area contributed by atoms with Gasteiger partial charge in [0.1, 0.15) is 5.69 Å². The van der Waals surface area contributed by atoms with Crippen LogP contribution >= 0.6 is 0 Å². The van der Waals surface area contributed by atoms with Gasteiger partial charge in [0.15, 0.2) is 9.84 Å². The van der Waals surface area contributed by atoms with Crippen LogP contribution in [0.1, 0.15) is 30.0 Å². The van der Waals surface area contributed by atoms with Crippen molar-refractivity contribution in [3.05, 3.63) is 29.6 Å². The SMILES string of the molecule is CC(C)S(=O)(=O)Cc1cccc(C(=O)O)n1. The number of hydrogen-bond donors (Lipinski definition) is 1. The molecule has 0 bridgehead atoms. The predicted octanol–water partition coefficient (Wildman–Crippen LogP) is 1.10. The molecule has 1 heterocycles. The number of aromatic nitrogens is 1. The first-order chi connectivity index (χ1) is 7.33. The van der Waals surface area contributed by atoms with E-state index in [2.05, 4.69) is 4.98 Å². The van der Waals surface area contributed by atoms with Gasteiger partial charge in [0, 0.05) is 0 Å². The summed E-state index contributed by atoms with van der Waals surface area (Å²) in [4.78, 5) is 14.4. The number of pyridine rings is 1. The van der Waals surface area contributed by atoms with Crippen molar-refractivity contribution in [1.82, 2.24) is 4.98 Å². The summed E-state index contributed by atoms with van der Waals surface area (Å²) in [6, 6.07) is 4.32. The highest BCUT2D eigenvalue weighted by atomic mass is 32.2. The summed E-state index contributed by atoms with van der Waals surface area (Å²) >= 11 is 0. The molecule has 0 aliphatic rings. The maximum atomic E-state index is 11.6. The second-order valence-corrected chi connectivity index (χ2v) is 6.23. The molecule has 1 aromatic rings. The normalized spacial score (nSPS) is 11.7. The van der Waals surface area contributed by atoms with Gasteiger partial charge in [-0.3, -0.25) is 0 Å². The standard InChI is InChI=1S/C10H13NO4S/c1-7(2)16(14,15)6-8-4-3-5-9(11-8)10(12)13/h3-5,7H,6H2,1-2H3,(H,12,13).